The quantitative estimate of drug-likeness (QED) is 0.939. The van der Waals surface area contributed by atoms with Crippen molar-refractivity contribution in [2.24, 2.45) is 0 Å². The predicted octanol–water partition coefficient (Wildman–Crippen LogP) is 2.11. The van der Waals surface area contributed by atoms with Crippen LogP contribution >= 0.6 is 11.5 Å². The molecular weight excluding hydrogens is 274 g/mol. The topological polar surface area (TPSA) is 74.8 Å². The fourth-order valence-corrected chi connectivity index (χ4v) is 3.34. The maximum atomic E-state index is 12.7. The van der Waals surface area contributed by atoms with Gasteiger partial charge in [0.2, 0.25) is 0 Å². The van der Waals surface area contributed by atoms with Gasteiger partial charge in [0.15, 0.2) is 0 Å². The van der Waals surface area contributed by atoms with E-state index < -0.39 is 0 Å². The second-order valence-electron chi connectivity index (χ2n) is 5.01. The fraction of sp³-hybridized carbons (Fsp3) is 0.538. The normalized spacial score (nSPS) is 18.7. The van der Waals surface area contributed by atoms with Gasteiger partial charge in [-0.3, -0.25) is 4.79 Å². The van der Waals surface area contributed by atoms with Gasteiger partial charge in [-0.25, -0.2) is 4.98 Å². The maximum Gasteiger partial charge on any atom is 0.268 e. The van der Waals surface area contributed by atoms with Crippen LogP contribution < -0.4 is 0 Å². The summed E-state index contributed by atoms with van der Waals surface area (Å²) in [6, 6.07) is 0.0445. The molecule has 1 amide bonds. The van der Waals surface area contributed by atoms with Crippen LogP contribution in [0.25, 0.3) is 0 Å². The molecule has 0 spiro atoms. The Morgan fingerprint density at radius 1 is 1.60 bits per heavy atom. The number of amides is 1. The number of hydrogen-bond acceptors (Lipinski definition) is 5. The van der Waals surface area contributed by atoms with Gasteiger partial charge in [0.1, 0.15) is 10.7 Å². The lowest BCUT2D eigenvalue weighted by molar-refractivity contribution is 0.0734. The number of H-pyrrole nitrogens is 1. The van der Waals surface area contributed by atoms with E-state index in [0.29, 0.717) is 4.88 Å². The van der Waals surface area contributed by atoms with Crippen molar-refractivity contribution < 1.29 is 4.79 Å². The Labute approximate surface area is 121 Å². The van der Waals surface area contributed by atoms with Gasteiger partial charge >= 0.3 is 0 Å². The molecule has 1 saturated heterocycles. The smallest absolute Gasteiger partial charge is 0.268 e. The first-order valence-electron chi connectivity index (χ1n) is 6.84. The van der Waals surface area contributed by atoms with Crippen LogP contribution in [0.2, 0.25) is 0 Å². The summed E-state index contributed by atoms with van der Waals surface area (Å²) >= 11 is 1.19. The first-order valence-corrected chi connectivity index (χ1v) is 7.61. The Bertz CT molecular complexity index is 620. The third-order valence-electron chi connectivity index (χ3n) is 3.64. The van der Waals surface area contributed by atoms with Gasteiger partial charge < -0.3 is 9.88 Å². The van der Waals surface area contributed by atoms with E-state index in [9.17, 15) is 4.79 Å². The lowest BCUT2D eigenvalue weighted by Gasteiger charge is -2.22. The van der Waals surface area contributed by atoms with Gasteiger partial charge in [-0.1, -0.05) is 11.4 Å². The molecule has 6 nitrogen and oxygen atoms in total. The Balaban J connectivity index is 1.87. The minimum Gasteiger partial charge on any atom is -0.344 e. The summed E-state index contributed by atoms with van der Waals surface area (Å²) in [5.41, 5.74) is 1.81. The summed E-state index contributed by atoms with van der Waals surface area (Å²) in [5, 5.41) is 4.03. The van der Waals surface area contributed by atoms with E-state index in [2.05, 4.69) is 19.6 Å². The molecule has 2 aromatic heterocycles. The fourth-order valence-electron chi connectivity index (χ4n) is 2.63. The number of nitrogens with one attached hydrogen (secondary N) is 1. The van der Waals surface area contributed by atoms with E-state index in [0.717, 1.165) is 43.0 Å². The average Bonchev–Trinajstić information content (AvgIpc) is 3.17. The Kier molecular flexibility index (Phi) is 3.52. The van der Waals surface area contributed by atoms with Crippen molar-refractivity contribution >= 4 is 17.4 Å². The van der Waals surface area contributed by atoms with Crippen molar-refractivity contribution in [1.82, 2.24) is 24.5 Å². The number of aromatic amines is 1. The number of likely N-dealkylation sites (tertiary alicyclic amines) is 1. The second-order valence-corrected chi connectivity index (χ2v) is 5.76. The Morgan fingerprint density at radius 3 is 3.15 bits per heavy atom. The van der Waals surface area contributed by atoms with E-state index in [1.807, 2.05) is 24.9 Å². The summed E-state index contributed by atoms with van der Waals surface area (Å²) in [7, 11) is 0. The molecule has 0 bridgehead atoms. The van der Waals surface area contributed by atoms with Crippen LogP contribution in [0, 0.1) is 6.92 Å². The molecule has 0 saturated carbocycles. The van der Waals surface area contributed by atoms with E-state index in [4.69, 9.17) is 0 Å². The highest BCUT2D eigenvalue weighted by molar-refractivity contribution is 7.08. The molecule has 0 radical (unpaired) electrons. The van der Waals surface area contributed by atoms with E-state index in [1.165, 1.54) is 11.5 Å². The number of aromatic nitrogens is 4. The SMILES string of the molecule is CCc1nnsc1C(=O)N1CCC[C@H]1c1ncc(C)[nH]1. The third-order valence-corrected chi connectivity index (χ3v) is 4.39. The van der Waals surface area contributed by atoms with Crippen molar-refractivity contribution in [3.05, 3.63) is 28.3 Å². The molecular formula is C13H17N5OS. The van der Waals surface area contributed by atoms with Gasteiger partial charge in [-0.2, -0.15) is 0 Å². The first kappa shape index (κ1) is 13.2. The average molecular weight is 291 g/mol. The van der Waals surface area contributed by atoms with Gasteiger partial charge in [0.05, 0.1) is 11.7 Å². The molecule has 0 aromatic carbocycles. The zero-order chi connectivity index (χ0) is 14.1. The van der Waals surface area contributed by atoms with Crippen LogP contribution in [0.15, 0.2) is 6.20 Å². The Morgan fingerprint density at radius 2 is 2.45 bits per heavy atom. The van der Waals surface area contributed by atoms with E-state index >= 15 is 0 Å². The molecule has 1 aliphatic heterocycles. The van der Waals surface area contributed by atoms with E-state index in [1.54, 1.807) is 0 Å². The molecule has 106 valence electrons. The van der Waals surface area contributed by atoms with Gasteiger partial charge in [-0.05, 0) is 37.7 Å². The molecule has 20 heavy (non-hydrogen) atoms. The minimum absolute atomic E-state index is 0.0356. The highest BCUT2D eigenvalue weighted by Gasteiger charge is 2.34. The monoisotopic (exact) mass is 291 g/mol. The number of rotatable bonds is 3. The molecule has 2 aromatic rings. The Hall–Kier alpha value is -1.76. The lowest BCUT2D eigenvalue weighted by atomic mass is 10.2. The molecule has 3 heterocycles. The highest BCUT2D eigenvalue weighted by Crippen LogP contribution is 2.32. The van der Waals surface area contributed by atoms with Crippen molar-refractivity contribution in [2.75, 3.05) is 6.54 Å². The number of hydrogen-bond donors (Lipinski definition) is 1. The summed E-state index contributed by atoms with van der Waals surface area (Å²) < 4.78 is 3.91. The molecule has 1 N–H and O–H groups in total. The third kappa shape index (κ3) is 2.22. The van der Waals surface area contributed by atoms with Gasteiger partial charge in [0.25, 0.3) is 5.91 Å². The number of carbonyl (C=O) groups excluding carboxylic acids is 1. The zero-order valence-electron chi connectivity index (χ0n) is 11.6. The minimum atomic E-state index is 0.0356. The van der Waals surface area contributed by atoms with Crippen LogP contribution in [0.5, 0.6) is 0 Å². The van der Waals surface area contributed by atoms with E-state index in [-0.39, 0.29) is 11.9 Å². The predicted molar refractivity (Wildman–Crippen MR) is 75.6 cm³/mol. The van der Waals surface area contributed by atoms with Crippen LogP contribution in [0.4, 0.5) is 0 Å². The standard InChI is InChI=1S/C13H17N5OS/c1-3-9-11(20-17-16-9)13(19)18-6-4-5-10(18)12-14-7-8(2)15-12/h7,10H,3-6H2,1-2H3,(H,14,15)/t10-/m0/s1. The van der Waals surface area contributed by atoms with Crippen LogP contribution in [-0.4, -0.2) is 36.9 Å². The van der Waals surface area contributed by atoms with Crippen molar-refractivity contribution in [1.29, 1.82) is 0 Å². The maximum absolute atomic E-state index is 12.7. The summed E-state index contributed by atoms with van der Waals surface area (Å²) in [6.45, 7) is 4.73. The molecule has 1 atom stereocenters. The molecule has 0 unspecified atom stereocenters. The first-order chi connectivity index (χ1) is 9.70. The summed E-state index contributed by atoms with van der Waals surface area (Å²) in [4.78, 5) is 22.9. The molecule has 3 rings (SSSR count). The van der Waals surface area contributed by atoms with Crippen molar-refractivity contribution in [3.8, 4) is 0 Å². The molecule has 1 fully saturated rings. The number of aryl methyl sites for hydroxylation is 2. The van der Waals surface area contributed by atoms with Crippen LogP contribution in [-0.2, 0) is 6.42 Å². The summed E-state index contributed by atoms with van der Waals surface area (Å²) in [5.74, 6) is 0.914. The lowest BCUT2D eigenvalue weighted by Crippen LogP contribution is -2.31. The highest BCUT2D eigenvalue weighted by atomic mass is 32.1. The molecule has 0 aliphatic carbocycles. The summed E-state index contributed by atoms with van der Waals surface area (Å²) in [6.07, 6.45) is 4.49. The molecule has 1 aliphatic rings. The van der Waals surface area contributed by atoms with Crippen LogP contribution in [0.1, 0.15) is 52.7 Å². The number of carbonyl (C=O) groups is 1. The van der Waals surface area contributed by atoms with Crippen molar-refractivity contribution in [3.63, 3.8) is 0 Å². The van der Waals surface area contributed by atoms with Gasteiger partial charge in [0, 0.05) is 18.4 Å². The number of nitrogens with zero attached hydrogens (tertiary/aromatic N) is 4. The zero-order valence-corrected chi connectivity index (χ0v) is 12.4. The van der Waals surface area contributed by atoms with Crippen LogP contribution in [0.3, 0.4) is 0 Å². The number of imidazole rings is 1. The van der Waals surface area contributed by atoms with Gasteiger partial charge in [-0.15, -0.1) is 5.10 Å². The molecule has 7 heteroatoms. The second kappa shape index (κ2) is 5.32. The van der Waals surface area contributed by atoms with Crippen molar-refractivity contribution in [2.45, 2.75) is 39.2 Å². The largest absolute Gasteiger partial charge is 0.344 e.